The van der Waals surface area contributed by atoms with E-state index in [0.29, 0.717) is 12.1 Å². The van der Waals surface area contributed by atoms with Crippen molar-refractivity contribution in [2.45, 2.75) is 63.6 Å². The van der Waals surface area contributed by atoms with E-state index in [1.165, 1.54) is 32.1 Å². The Labute approximate surface area is 104 Å². The van der Waals surface area contributed by atoms with E-state index in [1.807, 2.05) is 6.92 Å². The van der Waals surface area contributed by atoms with Gasteiger partial charge < -0.3 is 5.73 Å². The van der Waals surface area contributed by atoms with Crippen LogP contribution in [0.1, 0.15) is 46.0 Å². The maximum atomic E-state index is 11.7. The van der Waals surface area contributed by atoms with Crippen LogP contribution in [0.4, 0.5) is 0 Å². The summed E-state index contributed by atoms with van der Waals surface area (Å²) in [6.45, 7) is 6.04. The van der Waals surface area contributed by atoms with Crippen molar-refractivity contribution in [1.29, 1.82) is 0 Å². The van der Waals surface area contributed by atoms with E-state index in [0.717, 1.165) is 13.1 Å². The van der Waals surface area contributed by atoms with Gasteiger partial charge in [0.15, 0.2) is 0 Å². The number of carbonyl (C=O) groups excluding carboxylic acids is 1. The van der Waals surface area contributed by atoms with E-state index >= 15 is 0 Å². The SMILES string of the molecule is CC1CCCCN1CC(C)(NC1CC1)C(N)=O. The Bertz CT molecular complexity index is 290. The van der Waals surface area contributed by atoms with E-state index in [-0.39, 0.29) is 5.91 Å². The first-order valence-corrected chi connectivity index (χ1v) is 6.83. The Kier molecular flexibility index (Phi) is 3.73. The zero-order valence-corrected chi connectivity index (χ0v) is 11.0. The van der Waals surface area contributed by atoms with E-state index in [4.69, 9.17) is 5.73 Å². The molecule has 2 unspecified atom stereocenters. The molecule has 1 heterocycles. The van der Waals surface area contributed by atoms with Crippen molar-refractivity contribution < 1.29 is 4.79 Å². The van der Waals surface area contributed by atoms with E-state index in [9.17, 15) is 4.79 Å². The summed E-state index contributed by atoms with van der Waals surface area (Å²) >= 11 is 0. The van der Waals surface area contributed by atoms with Gasteiger partial charge in [-0.25, -0.2) is 0 Å². The van der Waals surface area contributed by atoms with Crippen LogP contribution >= 0.6 is 0 Å². The van der Waals surface area contributed by atoms with E-state index in [2.05, 4.69) is 17.1 Å². The van der Waals surface area contributed by atoms with Crippen molar-refractivity contribution in [3.63, 3.8) is 0 Å². The third-order valence-electron chi connectivity index (χ3n) is 4.10. The normalized spacial score (nSPS) is 29.9. The van der Waals surface area contributed by atoms with Gasteiger partial charge in [0.1, 0.15) is 5.54 Å². The zero-order valence-electron chi connectivity index (χ0n) is 11.0. The Balaban J connectivity index is 1.97. The zero-order chi connectivity index (χ0) is 12.5. The Hall–Kier alpha value is -0.610. The number of amides is 1. The molecule has 98 valence electrons. The average molecular weight is 239 g/mol. The molecule has 0 aromatic rings. The highest BCUT2D eigenvalue weighted by molar-refractivity contribution is 5.84. The minimum atomic E-state index is -0.563. The number of primary amides is 1. The average Bonchev–Trinajstić information content (AvgIpc) is 3.05. The second-order valence-corrected chi connectivity index (χ2v) is 5.93. The van der Waals surface area contributed by atoms with Crippen molar-refractivity contribution in [2.24, 2.45) is 5.73 Å². The number of hydrogen-bond acceptors (Lipinski definition) is 3. The molecule has 0 bridgehead atoms. The summed E-state index contributed by atoms with van der Waals surface area (Å²) in [5.41, 5.74) is 5.02. The number of rotatable bonds is 5. The number of piperidine rings is 1. The lowest BCUT2D eigenvalue weighted by Crippen LogP contribution is -2.61. The second-order valence-electron chi connectivity index (χ2n) is 5.93. The lowest BCUT2D eigenvalue weighted by atomic mass is 9.96. The standard InChI is InChI=1S/C13H25N3O/c1-10-5-3-4-8-16(10)9-13(2,12(14)17)15-11-6-7-11/h10-11,15H,3-9H2,1-2H3,(H2,14,17). The van der Waals surface area contributed by atoms with Gasteiger partial charge in [0, 0.05) is 18.6 Å². The first kappa shape index (κ1) is 12.8. The summed E-state index contributed by atoms with van der Waals surface area (Å²) in [4.78, 5) is 14.1. The van der Waals surface area contributed by atoms with Crippen LogP contribution in [0, 0.1) is 0 Å². The summed E-state index contributed by atoms with van der Waals surface area (Å²) in [6.07, 6.45) is 6.14. The van der Waals surface area contributed by atoms with Crippen molar-refractivity contribution in [3.8, 4) is 0 Å². The summed E-state index contributed by atoms with van der Waals surface area (Å²) < 4.78 is 0. The minimum absolute atomic E-state index is 0.220. The van der Waals surface area contributed by atoms with Gasteiger partial charge in [-0.1, -0.05) is 6.42 Å². The molecule has 0 spiro atoms. The first-order chi connectivity index (χ1) is 8.01. The second kappa shape index (κ2) is 4.94. The number of likely N-dealkylation sites (tertiary alicyclic amines) is 1. The van der Waals surface area contributed by atoms with Crippen LogP contribution in [0.5, 0.6) is 0 Å². The smallest absolute Gasteiger partial charge is 0.238 e. The highest BCUT2D eigenvalue weighted by Crippen LogP contribution is 2.25. The first-order valence-electron chi connectivity index (χ1n) is 6.83. The molecule has 2 atom stereocenters. The predicted octanol–water partition coefficient (Wildman–Crippen LogP) is 0.857. The molecule has 1 saturated heterocycles. The number of nitrogens with one attached hydrogen (secondary N) is 1. The summed E-state index contributed by atoms with van der Waals surface area (Å²) in [7, 11) is 0. The van der Waals surface area contributed by atoms with Crippen LogP contribution < -0.4 is 11.1 Å². The highest BCUT2D eigenvalue weighted by atomic mass is 16.1. The fourth-order valence-electron chi connectivity index (χ4n) is 2.67. The third kappa shape index (κ3) is 3.19. The lowest BCUT2D eigenvalue weighted by Gasteiger charge is -2.39. The molecule has 2 fully saturated rings. The van der Waals surface area contributed by atoms with Crippen LogP contribution in [0.15, 0.2) is 0 Å². The van der Waals surface area contributed by atoms with Gasteiger partial charge >= 0.3 is 0 Å². The van der Waals surface area contributed by atoms with Gasteiger partial charge in [-0.05, 0) is 46.1 Å². The monoisotopic (exact) mass is 239 g/mol. The summed E-state index contributed by atoms with van der Waals surface area (Å²) in [5, 5.41) is 3.42. The van der Waals surface area contributed by atoms with Gasteiger partial charge in [0.2, 0.25) is 5.91 Å². The maximum absolute atomic E-state index is 11.7. The number of hydrogen-bond donors (Lipinski definition) is 2. The maximum Gasteiger partial charge on any atom is 0.238 e. The van der Waals surface area contributed by atoms with Gasteiger partial charge in [0.25, 0.3) is 0 Å². The van der Waals surface area contributed by atoms with Gasteiger partial charge in [-0.2, -0.15) is 0 Å². The Morgan fingerprint density at radius 3 is 2.65 bits per heavy atom. The minimum Gasteiger partial charge on any atom is -0.368 e. The lowest BCUT2D eigenvalue weighted by molar-refractivity contribution is -0.125. The van der Waals surface area contributed by atoms with Crippen molar-refractivity contribution in [3.05, 3.63) is 0 Å². The van der Waals surface area contributed by atoms with Crippen LogP contribution in [0.2, 0.25) is 0 Å². The molecule has 0 aromatic heterocycles. The number of nitrogens with two attached hydrogens (primary N) is 1. The van der Waals surface area contributed by atoms with Crippen LogP contribution in [0.25, 0.3) is 0 Å². The largest absolute Gasteiger partial charge is 0.368 e. The van der Waals surface area contributed by atoms with Crippen molar-refractivity contribution in [1.82, 2.24) is 10.2 Å². The van der Waals surface area contributed by atoms with Crippen LogP contribution in [-0.2, 0) is 4.79 Å². The molecule has 17 heavy (non-hydrogen) atoms. The molecule has 1 aliphatic carbocycles. The molecule has 0 aromatic carbocycles. The predicted molar refractivity (Wildman–Crippen MR) is 68.6 cm³/mol. The topological polar surface area (TPSA) is 58.4 Å². The van der Waals surface area contributed by atoms with Gasteiger partial charge in [-0.15, -0.1) is 0 Å². The van der Waals surface area contributed by atoms with E-state index in [1.54, 1.807) is 0 Å². The molecular weight excluding hydrogens is 214 g/mol. The summed E-state index contributed by atoms with van der Waals surface area (Å²) in [6, 6.07) is 1.08. The molecule has 4 heteroatoms. The van der Waals surface area contributed by atoms with Crippen LogP contribution in [0.3, 0.4) is 0 Å². The number of carbonyl (C=O) groups is 1. The van der Waals surface area contributed by atoms with Gasteiger partial charge in [-0.3, -0.25) is 15.0 Å². The van der Waals surface area contributed by atoms with Crippen molar-refractivity contribution in [2.75, 3.05) is 13.1 Å². The molecule has 0 radical (unpaired) electrons. The molecule has 1 saturated carbocycles. The third-order valence-corrected chi connectivity index (χ3v) is 4.10. The summed E-state index contributed by atoms with van der Waals surface area (Å²) in [5.74, 6) is -0.220. The van der Waals surface area contributed by atoms with Crippen LogP contribution in [-0.4, -0.2) is 41.5 Å². The van der Waals surface area contributed by atoms with Gasteiger partial charge in [0.05, 0.1) is 0 Å². The van der Waals surface area contributed by atoms with E-state index < -0.39 is 5.54 Å². The fourth-order valence-corrected chi connectivity index (χ4v) is 2.67. The molecule has 1 aliphatic heterocycles. The molecule has 4 nitrogen and oxygen atoms in total. The molecule has 2 rings (SSSR count). The molecule has 3 N–H and O–H groups in total. The number of nitrogens with zero attached hydrogens (tertiary/aromatic N) is 1. The molecular formula is C13H25N3O. The fraction of sp³-hybridized carbons (Fsp3) is 0.923. The quantitative estimate of drug-likeness (QED) is 0.748. The Morgan fingerprint density at radius 1 is 1.41 bits per heavy atom. The van der Waals surface area contributed by atoms with Crippen molar-refractivity contribution >= 4 is 5.91 Å². The highest BCUT2D eigenvalue weighted by Gasteiger charge is 2.39. The Morgan fingerprint density at radius 2 is 2.12 bits per heavy atom. The molecule has 2 aliphatic rings. The molecule has 1 amide bonds.